The Morgan fingerprint density at radius 1 is 0.800 bits per heavy atom. The molecule has 2 fully saturated rings. The molecule has 1 heteroatoms. The standard InChI is InChI=1S/C34H46N/c1-5-25(6-2)28-17-18-31-29(21-28)19-20-35(4)34(31)33-23-30(26-13-9-7-10-14-26)22-32(24(33)3)27-15-11-8-12-16-27/h17-23,25-27H,5-16H2,1-4H3/q+1. The molecule has 0 bridgehead atoms. The summed E-state index contributed by atoms with van der Waals surface area (Å²) in [6.45, 7) is 7.06. The lowest BCUT2D eigenvalue weighted by molar-refractivity contribution is -0.659. The Hall–Kier alpha value is -2.15. The van der Waals surface area contributed by atoms with E-state index in [-0.39, 0.29) is 0 Å². The van der Waals surface area contributed by atoms with Crippen LogP contribution in [-0.2, 0) is 7.05 Å². The largest absolute Gasteiger partial charge is 0.220 e. The van der Waals surface area contributed by atoms with E-state index in [2.05, 4.69) is 75.0 Å². The zero-order valence-corrected chi connectivity index (χ0v) is 22.7. The Morgan fingerprint density at radius 3 is 2.11 bits per heavy atom. The smallest absolute Gasteiger partial charge is 0.200 e. The van der Waals surface area contributed by atoms with Crippen molar-refractivity contribution in [2.24, 2.45) is 7.05 Å². The number of aryl methyl sites for hydroxylation is 1. The minimum absolute atomic E-state index is 0.658. The molecule has 35 heavy (non-hydrogen) atoms. The van der Waals surface area contributed by atoms with E-state index in [9.17, 15) is 0 Å². The van der Waals surface area contributed by atoms with E-state index in [0.717, 1.165) is 11.8 Å². The lowest BCUT2D eigenvalue weighted by atomic mass is 9.76. The van der Waals surface area contributed by atoms with Crippen molar-refractivity contribution < 1.29 is 4.57 Å². The van der Waals surface area contributed by atoms with Crippen LogP contribution in [0.2, 0.25) is 0 Å². The van der Waals surface area contributed by atoms with Crippen LogP contribution < -0.4 is 4.57 Å². The molecule has 2 aliphatic rings. The third-order valence-electron chi connectivity index (χ3n) is 9.47. The zero-order valence-electron chi connectivity index (χ0n) is 22.7. The lowest BCUT2D eigenvalue weighted by Crippen LogP contribution is -2.31. The van der Waals surface area contributed by atoms with E-state index < -0.39 is 0 Å². The molecule has 1 nitrogen and oxygen atoms in total. The highest BCUT2D eigenvalue weighted by Crippen LogP contribution is 2.42. The second-order valence-corrected chi connectivity index (χ2v) is 11.6. The molecular formula is C34H46N+. The first-order valence-electron chi connectivity index (χ1n) is 14.7. The predicted octanol–water partition coefficient (Wildman–Crippen LogP) is 9.64. The van der Waals surface area contributed by atoms with Crippen LogP contribution in [0, 0.1) is 6.92 Å². The number of fused-ring (bicyclic) bond motifs is 1. The second-order valence-electron chi connectivity index (χ2n) is 11.6. The fraction of sp³-hybridized carbons (Fsp3) is 0.559. The Morgan fingerprint density at radius 2 is 1.46 bits per heavy atom. The average Bonchev–Trinajstić information content (AvgIpc) is 2.91. The summed E-state index contributed by atoms with van der Waals surface area (Å²) < 4.78 is 2.39. The SMILES string of the molecule is CCC(CC)c1ccc2c(-c3cc(C4CCCCC4)cc(C4CCCCC4)c3C)[n+](C)ccc2c1. The molecule has 2 saturated carbocycles. The molecule has 0 radical (unpaired) electrons. The third kappa shape index (κ3) is 4.93. The van der Waals surface area contributed by atoms with Gasteiger partial charge in [0.15, 0.2) is 6.20 Å². The molecule has 2 aliphatic carbocycles. The first kappa shape index (κ1) is 24.5. The molecule has 0 spiro atoms. The van der Waals surface area contributed by atoms with E-state index in [4.69, 9.17) is 0 Å². The molecule has 0 saturated heterocycles. The van der Waals surface area contributed by atoms with Crippen LogP contribution >= 0.6 is 0 Å². The summed E-state index contributed by atoms with van der Waals surface area (Å²) >= 11 is 0. The van der Waals surface area contributed by atoms with Crippen molar-refractivity contribution >= 4 is 10.8 Å². The predicted molar refractivity (Wildman–Crippen MR) is 150 cm³/mol. The quantitative estimate of drug-likeness (QED) is 0.317. The number of hydrogen-bond donors (Lipinski definition) is 0. The summed E-state index contributed by atoms with van der Waals surface area (Å²) in [5.74, 6) is 2.14. The van der Waals surface area contributed by atoms with E-state index in [1.165, 1.54) is 110 Å². The summed E-state index contributed by atoms with van der Waals surface area (Å²) in [6.07, 6.45) is 18.6. The van der Waals surface area contributed by atoms with Gasteiger partial charge >= 0.3 is 0 Å². The van der Waals surface area contributed by atoms with Gasteiger partial charge in [0.2, 0.25) is 5.69 Å². The molecule has 0 N–H and O–H groups in total. The number of aromatic nitrogens is 1. The minimum Gasteiger partial charge on any atom is -0.200 e. The molecule has 0 atom stereocenters. The van der Waals surface area contributed by atoms with E-state index in [1.54, 1.807) is 11.1 Å². The third-order valence-corrected chi connectivity index (χ3v) is 9.47. The average molecular weight is 469 g/mol. The van der Waals surface area contributed by atoms with Crippen LogP contribution in [0.25, 0.3) is 22.0 Å². The van der Waals surface area contributed by atoms with Crippen molar-refractivity contribution in [1.82, 2.24) is 0 Å². The molecule has 0 amide bonds. The maximum Gasteiger partial charge on any atom is 0.220 e. The Bertz CT molecular complexity index is 1160. The first-order chi connectivity index (χ1) is 17.1. The van der Waals surface area contributed by atoms with Crippen molar-refractivity contribution in [2.45, 2.75) is 116 Å². The van der Waals surface area contributed by atoms with Crippen molar-refractivity contribution in [3.05, 3.63) is 64.8 Å². The summed E-state index contributed by atoms with van der Waals surface area (Å²) in [7, 11) is 2.25. The summed E-state index contributed by atoms with van der Waals surface area (Å²) in [6, 6.07) is 14.9. The van der Waals surface area contributed by atoms with E-state index in [0.29, 0.717) is 5.92 Å². The Balaban J connectivity index is 1.68. The topological polar surface area (TPSA) is 3.88 Å². The van der Waals surface area contributed by atoms with Crippen molar-refractivity contribution in [1.29, 1.82) is 0 Å². The van der Waals surface area contributed by atoms with Crippen molar-refractivity contribution in [2.75, 3.05) is 0 Å². The van der Waals surface area contributed by atoms with Crippen LogP contribution in [0.15, 0.2) is 42.6 Å². The molecule has 5 rings (SSSR count). The number of benzene rings is 2. The Labute approximate surface area is 214 Å². The van der Waals surface area contributed by atoms with Gasteiger partial charge in [0.25, 0.3) is 0 Å². The van der Waals surface area contributed by atoms with E-state index in [1.807, 2.05) is 0 Å². The van der Waals surface area contributed by atoms with Gasteiger partial charge in [-0.1, -0.05) is 70.6 Å². The van der Waals surface area contributed by atoms with Gasteiger partial charge in [-0.15, -0.1) is 0 Å². The van der Waals surface area contributed by atoms with Crippen LogP contribution in [0.1, 0.15) is 131 Å². The van der Waals surface area contributed by atoms with Crippen LogP contribution in [-0.4, -0.2) is 0 Å². The maximum atomic E-state index is 2.65. The molecule has 186 valence electrons. The highest BCUT2D eigenvalue weighted by Gasteiger charge is 2.26. The number of rotatable bonds is 6. The molecule has 2 aromatic carbocycles. The van der Waals surface area contributed by atoms with Gasteiger partial charge in [0.05, 0.1) is 10.9 Å². The summed E-state index contributed by atoms with van der Waals surface area (Å²) in [4.78, 5) is 0. The molecule has 0 unspecified atom stereocenters. The normalized spacial score (nSPS) is 18.0. The monoisotopic (exact) mass is 468 g/mol. The summed E-state index contributed by atoms with van der Waals surface area (Å²) in [5.41, 5.74) is 9.20. The number of nitrogens with zero attached hydrogens (tertiary/aromatic N) is 1. The first-order valence-corrected chi connectivity index (χ1v) is 14.7. The van der Waals surface area contributed by atoms with Gasteiger partial charge in [-0.25, -0.2) is 4.57 Å². The fourth-order valence-electron chi connectivity index (χ4n) is 7.26. The molecule has 3 aromatic rings. The minimum atomic E-state index is 0.658. The zero-order chi connectivity index (χ0) is 24.4. The number of hydrogen-bond acceptors (Lipinski definition) is 0. The van der Waals surface area contributed by atoms with Gasteiger partial charge in [0.1, 0.15) is 7.05 Å². The van der Waals surface area contributed by atoms with Crippen LogP contribution in [0.5, 0.6) is 0 Å². The van der Waals surface area contributed by atoms with Crippen molar-refractivity contribution in [3.8, 4) is 11.3 Å². The van der Waals surface area contributed by atoms with Gasteiger partial charge in [0, 0.05) is 6.07 Å². The highest BCUT2D eigenvalue weighted by atomic mass is 14.9. The molecule has 1 heterocycles. The van der Waals surface area contributed by atoms with Crippen LogP contribution in [0.4, 0.5) is 0 Å². The number of pyridine rings is 1. The van der Waals surface area contributed by atoms with Crippen LogP contribution in [0.3, 0.4) is 0 Å². The van der Waals surface area contributed by atoms with E-state index >= 15 is 0 Å². The van der Waals surface area contributed by atoms with Gasteiger partial charge in [-0.3, -0.25) is 0 Å². The van der Waals surface area contributed by atoms with Crippen molar-refractivity contribution in [3.63, 3.8) is 0 Å². The highest BCUT2D eigenvalue weighted by molar-refractivity contribution is 5.94. The van der Waals surface area contributed by atoms with Gasteiger partial charge < -0.3 is 0 Å². The van der Waals surface area contributed by atoms with Gasteiger partial charge in [-0.05, 0) is 103 Å². The maximum absolute atomic E-state index is 2.65. The fourth-order valence-corrected chi connectivity index (χ4v) is 7.26. The van der Waals surface area contributed by atoms with Gasteiger partial charge in [-0.2, -0.15) is 0 Å². The molecule has 0 aliphatic heterocycles. The Kier molecular flexibility index (Phi) is 7.61. The summed E-state index contributed by atoms with van der Waals surface area (Å²) in [5, 5.41) is 2.80. The molecular weight excluding hydrogens is 422 g/mol. The second kappa shape index (κ2) is 10.9. The molecule has 1 aromatic heterocycles. The lowest BCUT2D eigenvalue weighted by Gasteiger charge is -2.28.